The molecule has 0 bridgehead atoms. The monoisotopic (exact) mass is 233 g/mol. The number of aromatic nitrogens is 3. The minimum Gasteiger partial charge on any atom is -0.388 e. The maximum absolute atomic E-state index is 10.5. The summed E-state index contributed by atoms with van der Waals surface area (Å²) in [6, 6.07) is 5.07. The highest BCUT2D eigenvalue weighted by molar-refractivity contribution is 5.42. The zero-order valence-corrected chi connectivity index (χ0v) is 9.20. The predicted octanol–water partition coefficient (Wildman–Crippen LogP) is 1.28. The molecule has 88 valence electrons. The first-order valence-corrected chi connectivity index (χ1v) is 4.99. The molecule has 7 nitrogen and oxygen atoms in total. The summed E-state index contributed by atoms with van der Waals surface area (Å²) in [6.07, 6.45) is 3.24. The van der Waals surface area contributed by atoms with Gasteiger partial charge in [0.25, 0.3) is 0 Å². The maximum atomic E-state index is 10.5. The van der Waals surface area contributed by atoms with Gasteiger partial charge in [-0.1, -0.05) is 0 Å². The molecule has 0 aromatic carbocycles. The fourth-order valence-corrected chi connectivity index (χ4v) is 1.42. The molecule has 0 saturated heterocycles. The molecular formula is C10H11N5O2. The van der Waals surface area contributed by atoms with Gasteiger partial charge >= 0.3 is 5.82 Å². The van der Waals surface area contributed by atoms with Gasteiger partial charge in [-0.15, -0.1) is 0 Å². The Bertz CT molecular complexity index is 537. The summed E-state index contributed by atoms with van der Waals surface area (Å²) in [4.78, 5) is 14.1. The fourth-order valence-electron chi connectivity index (χ4n) is 1.42. The number of nitrogens with zero attached hydrogens (tertiary/aromatic N) is 4. The number of nitro groups is 1. The summed E-state index contributed by atoms with van der Waals surface area (Å²) >= 11 is 0. The number of hydrogen-bond acceptors (Lipinski definition) is 5. The highest BCUT2D eigenvalue weighted by atomic mass is 16.6. The van der Waals surface area contributed by atoms with E-state index in [1.807, 2.05) is 19.2 Å². The van der Waals surface area contributed by atoms with E-state index in [1.54, 1.807) is 12.4 Å². The minimum absolute atomic E-state index is 0.158. The van der Waals surface area contributed by atoms with Crippen molar-refractivity contribution in [2.24, 2.45) is 0 Å². The standard InChI is InChI=1S/C10H11N5O2/c1-11-8-2-4-12-9(6-8)7-14-5-3-10(13-14)15(16)17/h2-6H,7H2,1H3,(H,11,12). The van der Waals surface area contributed by atoms with Gasteiger partial charge in [0.15, 0.2) is 0 Å². The highest BCUT2D eigenvalue weighted by Crippen LogP contribution is 2.10. The normalized spacial score (nSPS) is 10.2. The van der Waals surface area contributed by atoms with Crippen molar-refractivity contribution in [2.45, 2.75) is 6.54 Å². The van der Waals surface area contributed by atoms with Gasteiger partial charge in [0.1, 0.15) is 6.54 Å². The van der Waals surface area contributed by atoms with Crippen molar-refractivity contribution in [3.05, 3.63) is 46.4 Å². The molecule has 0 spiro atoms. The van der Waals surface area contributed by atoms with Crippen LogP contribution in [0.15, 0.2) is 30.6 Å². The van der Waals surface area contributed by atoms with E-state index < -0.39 is 4.92 Å². The van der Waals surface area contributed by atoms with E-state index >= 15 is 0 Å². The Morgan fingerprint density at radius 1 is 1.53 bits per heavy atom. The van der Waals surface area contributed by atoms with Crippen LogP contribution in [0.25, 0.3) is 0 Å². The van der Waals surface area contributed by atoms with E-state index in [-0.39, 0.29) is 5.82 Å². The summed E-state index contributed by atoms with van der Waals surface area (Å²) in [7, 11) is 1.82. The number of hydrogen-bond donors (Lipinski definition) is 1. The van der Waals surface area contributed by atoms with Crippen LogP contribution < -0.4 is 5.32 Å². The second kappa shape index (κ2) is 4.60. The lowest BCUT2D eigenvalue weighted by Gasteiger charge is -2.01. The molecule has 0 radical (unpaired) electrons. The number of nitrogens with one attached hydrogen (secondary N) is 1. The van der Waals surface area contributed by atoms with Crippen LogP contribution in [0.5, 0.6) is 0 Å². The zero-order valence-electron chi connectivity index (χ0n) is 9.20. The lowest BCUT2D eigenvalue weighted by molar-refractivity contribution is -0.389. The number of rotatable bonds is 4. The van der Waals surface area contributed by atoms with Crippen LogP contribution in [-0.4, -0.2) is 26.7 Å². The Morgan fingerprint density at radius 3 is 3.00 bits per heavy atom. The summed E-state index contributed by atoms with van der Waals surface area (Å²) in [6.45, 7) is 0.406. The Balaban J connectivity index is 2.16. The van der Waals surface area contributed by atoms with Gasteiger partial charge in [-0.05, 0) is 17.1 Å². The molecule has 2 heterocycles. The maximum Gasteiger partial charge on any atom is 0.389 e. The highest BCUT2D eigenvalue weighted by Gasteiger charge is 2.11. The van der Waals surface area contributed by atoms with Crippen molar-refractivity contribution in [2.75, 3.05) is 12.4 Å². The average Bonchev–Trinajstić information content (AvgIpc) is 2.78. The van der Waals surface area contributed by atoms with Gasteiger partial charge in [-0.3, -0.25) is 4.98 Å². The molecule has 0 aliphatic heterocycles. The number of anilines is 1. The van der Waals surface area contributed by atoms with Crippen LogP contribution in [0, 0.1) is 10.1 Å². The lowest BCUT2D eigenvalue weighted by Crippen LogP contribution is -2.03. The Kier molecular flexibility index (Phi) is 2.99. The minimum atomic E-state index is -0.520. The van der Waals surface area contributed by atoms with E-state index in [0.29, 0.717) is 6.54 Å². The quantitative estimate of drug-likeness (QED) is 0.635. The van der Waals surface area contributed by atoms with Crippen molar-refractivity contribution in [1.82, 2.24) is 14.8 Å². The summed E-state index contributed by atoms with van der Waals surface area (Å²) in [5.41, 5.74) is 1.73. The van der Waals surface area contributed by atoms with Crippen molar-refractivity contribution in [3.8, 4) is 0 Å². The van der Waals surface area contributed by atoms with E-state index in [2.05, 4.69) is 15.4 Å². The van der Waals surface area contributed by atoms with Crippen LogP contribution in [0.3, 0.4) is 0 Å². The van der Waals surface area contributed by atoms with Gasteiger partial charge in [0.2, 0.25) is 0 Å². The third-order valence-electron chi connectivity index (χ3n) is 2.24. The molecule has 0 saturated carbocycles. The molecule has 17 heavy (non-hydrogen) atoms. The van der Waals surface area contributed by atoms with Crippen molar-refractivity contribution in [3.63, 3.8) is 0 Å². The topological polar surface area (TPSA) is 85.9 Å². The molecule has 0 aliphatic rings. The molecular weight excluding hydrogens is 222 g/mol. The smallest absolute Gasteiger partial charge is 0.388 e. The van der Waals surface area contributed by atoms with Crippen molar-refractivity contribution < 1.29 is 4.92 Å². The second-order valence-electron chi connectivity index (χ2n) is 3.41. The van der Waals surface area contributed by atoms with Crippen LogP contribution >= 0.6 is 0 Å². The lowest BCUT2D eigenvalue weighted by atomic mass is 10.3. The largest absolute Gasteiger partial charge is 0.389 e. The SMILES string of the molecule is CNc1ccnc(Cn2ccc([N+](=O)[O-])n2)c1. The summed E-state index contributed by atoms with van der Waals surface area (Å²) in [5, 5.41) is 17.3. The first-order valence-electron chi connectivity index (χ1n) is 4.99. The molecule has 2 rings (SSSR count). The molecule has 0 aliphatic carbocycles. The Hall–Kier alpha value is -2.44. The van der Waals surface area contributed by atoms with E-state index in [4.69, 9.17) is 0 Å². The Labute approximate surface area is 97.2 Å². The van der Waals surface area contributed by atoms with Crippen LogP contribution in [0.1, 0.15) is 5.69 Å². The molecule has 2 aromatic rings. The Morgan fingerprint density at radius 2 is 2.35 bits per heavy atom. The van der Waals surface area contributed by atoms with Crippen molar-refractivity contribution >= 4 is 11.5 Å². The third kappa shape index (κ3) is 2.57. The van der Waals surface area contributed by atoms with E-state index in [0.717, 1.165) is 11.4 Å². The van der Waals surface area contributed by atoms with E-state index in [9.17, 15) is 10.1 Å². The molecule has 1 N–H and O–H groups in total. The van der Waals surface area contributed by atoms with Gasteiger partial charge in [-0.2, -0.15) is 4.68 Å². The van der Waals surface area contributed by atoms with Crippen molar-refractivity contribution in [1.29, 1.82) is 0 Å². The zero-order chi connectivity index (χ0) is 12.3. The molecule has 0 atom stereocenters. The van der Waals surface area contributed by atoms with Crippen LogP contribution in [0.4, 0.5) is 11.5 Å². The molecule has 2 aromatic heterocycles. The van der Waals surface area contributed by atoms with Gasteiger partial charge in [0.05, 0.1) is 23.1 Å². The second-order valence-corrected chi connectivity index (χ2v) is 3.41. The average molecular weight is 233 g/mol. The first-order chi connectivity index (χ1) is 8.19. The van der Waals surface area contributed by atoms with Gasteiger partial charge < -0.3 is 15.4 Å². The van der Waals surface area contributed by atoms with Gasteiger partial charge in [0, 0.05) is 18.9 Å². The molecule has 0 fully saturated rings. The summed E-state index contributed by atoms with van der Waals surface area (Å²) in [5.74, 6) is -0.158. The van der Waals surface area contributed by atoms with Crippen LogP contribution in [0.2, 0.25) is 0 Å². The fraction of sp³-hybridized carbons (Fsp3) is 0.200. The van der Waals surface area contributed by atoms with Gasteiger partial charge in [-0.25, -0.2) is 0 Å². The number of pyridine rings is 1. The van der Waals surface area contributed by atoms with Crippen LogP contribution in [-0.2, 0) is 6.54 Å². The molecule has 0 amide bonds. The molecule has 7 heteroatoms. The molecule has 0 unspecified atom stereocenters. The first kappa shape index (κ1) is 11.1. The summed E-state index contributed by atoms with van der Waals surface area (Å²) < 4.78 is 1.49. The van der Waals surface area contributed by atoms with E-state index in [1.165, 1.54) is 10.7 Å². The third-order valence-corrected chi connectivity index (χ3v) is 2.24. The predicted molar refractivity (Wildman–Crippen MR) is 61.8 cm³/mol.